The smallest absolute Gasteiger partial charge is 0.252 e. The predicted molar refractivity (Wildman–Crippen MR) is 38.1 cm³/mol. The lowest BCUT2D eigenvalue weighted by atomic mass is 10.6. The average molecular weight is 176 g/mol. The molecule has 2 aromatic heterocycles. The fraction of sp³-hybridized carbons (Fsp3) is 0.167. The van der Waals surface area contributed by atoms with E-state index in [0.29, 0.717) is 12.4 Å². The van der Waals surface area contributed by atoms with Gasteiger partial charge in [-0.1, -0.05) is 5.16 Å². The van der Waals surface area contributed by atoms with Crippen LogP contribution in [0.15, 0.2) is 17.2 Å². The molecule has 2 rings (SSSR count). The number of hydrogen-bond donors (Lipinski definition) is 0. The van der Waals surface area contributed by atoms with E-state index >= 15 is 0 Å². The van der Waals surface area contributed by atoms with Gasteiger partial charge in [-0.25, -0.2) is 9.67 Å². The molecule has 0 amide bonds. The van der Waals surface area contributed by atoms with Gasteiger partial charge in [-0.3, -0.25) is 0 Å². The molecule has 0 spiro atoms. The third kappa shape index (κ3) is 1.51. The topological polar surface area (TPSA) is 93.4 Å². The van der Waals surface area contributed by atoms with Crippen LogP contribution >= 0.6 is 0 Å². The van der Waals surface area contributed by atoms with Crippen molar-refractivity contribution < 1.29 is 4.52 Å². The lowest BCUT2D eigenvalue weighted by Crippen LogP contribution is -2.01. The first-order valence-electron chi connectivity index (χ1n) is 3.43. The van der Waals surface area contributed by atoms with Crippen molar-refractivity contribution in [1.29, 1.82) is 5.26 Å². The van der Waals surface area contributed by atoms with Crippen LogP contribution in [0, 0.1) is 11.3 Å². The van der Waals surface area contributed by atoms with E-state index in [1.165, 1.54) is 17.4 Å². The molecule has 64 valence electrons. The third-order valence-electron chi connectivity index (χ3n) is 1.35. The zero-order valence-electron chi connectivity index (χ0n) is 6.45. The van der Waals surface area contributed by atoms with Gasteiger partial charge in [-0.15, -0.1) is 5.10 Å². The van der Waals surface area contributed by atoms with Gasteiger partial charge in [0.05, 0.1) is 0 Å². The van der Waals surface area contributed by atoms with Gasteiger partial charge in [0.2, 0.25) is 6.39 Å². The summed E-state index contributed by atoms with van der Waals surface area (Å²) in [5.74, 6) is 0.623. The average Bonchev–Trinajstić information content (AvgIpc) is 2.76. The largest absolute Gasteiger partial charge is 0.343 e. The maximum atomic E-state index is 8.44. The highest BCUT2D eigenvalue weighted by atomic mass is 16.5. The number of aromatic nitrogens is 5. The summed E-state index contributed by atoms with van der Waals surface area (Å²) >= 11 is 0. The number of hydrogen-bond acceptors (Lipinski definition) is 6. The first kappa shape index (κ1) is 7.42. The van der Waals surface area contributed by atoms with Crippen molar-refractivity contribution in [2.45, 2.75) is 6.54 Å². The highest BCUT2D eigenvalue weighted by molar-refractivity contribution is 5.05. The van der Waals surface area contributed by atoms with Crippen LogP contribution in [-0.4, -0.2) is 24.9 Å². The Morgan fingerprint density at radius 1 is 1.54 bits per heavy atom. The van der Waals surface area contributed by atoms with Crippen LogP contribution in [0.3, 0.4) is 0 Å². The summed E-state index contributed by atoms with van der Waals surface area (Å²) in [5.41, 5.74) is 0. The Labute approximate surface area is 72.6 Å². The van der Waals surface area contributed by atoms with E-state index < -0.39 is 0 Å². The Morgan fingerprint density at radius 3 is 3.08 bits per heavy atom. The molecule has 0 unspecified atom stereocenters. The summed E-state index contributed by atoms with van der Waals surface area (Å²) in [7, 11) is 0. The summed E-state index contributed by atoms with van der Waals surface area (Å²) in [6.45, 7) is 0.352. The molecule has 7 heteroatoms. The van der Waals surface area contributed by atoms with Gasteiger partial charge < -0.3 is 4.52 Å². The highest BCUT2D eigenvalue weighted by Crippen LogP contribution is 1.93. The molecular weight excluding hydrogens is 172 g/mol. The highest BCUT2D eigenvalue weighted by Gasteiger charge is 2.02. The van der Waals surface area contributed by atoms with Crippen LogP contribution in [-0.2, 0) is 6.54 Å². The molecule has 0 aliphatic rings. The Hall–Kier alpha value is -2.23. The van der Waals surface area contributed by atoms with Crippen LogP contribution < -0.4 is 0 Å². The van der Waals surface area contributed by atoms with E-state index in [1.54, 1.807) is 0 Å². The Balaban J connectivity index is 2.15. The lowest BCUT2D eigenvalue weighted by Gasteiger charge is -1.91. The van der Waals surface area contributed by atoms with Crippen molar-refractivity contribution in [2.24, 2.45) is 0 Å². The van der Waals surface area contributed by atoms with Crippen LogP contribution in [0.5, 0.6) is 0 Å². The molecule has 0 aliphatic carbocycles. The van der Waals surface area contributed by atoms with Gasteiger partial charge in [0.15, 0.2) is 5.82 Å². The molecule has 0 aromatic carbocycles. The molecule has 0 saturated carbocycles. The third-order valence-corrected chi connectivity index (χ3v) is 1.35. The molecule has 0 radical (unpaired) electrons. The molecule has 13 heavy (non-hydrogen) atoms. The second-order valence-electron chi connectivity index (χ2n) is 2.22. The molecule has 2 aromatic rings. The molecule has 0 saturated heterocycles. The summed E-state index contributed by atoms with van der Waals surface area (Å²) in [5, 5.41) is 15.9. The van der Waals surface area contributed by atoms with Gasteiger partial charge in [-0.05, 0) is 0 Å². The first-order valence-corrected chi connectivity index (χ1v) is 3.43. The first-order chi connectivity index (χ1) is 6.38. The standard InChI is InChI=1S/C6H4N6O/c7-1-5-8-3-12(10-5)2-6-9-4-13-11-6/h3-4H,2H2. The minimum Gasteiger partial charge on any atom is -0.343 e. The summed E-state index contributed by atoms with van der Waals surface area (Å²) in [6, 6.07) is 1.82. The Bertz CT molecular complexity index is 424. The lowest BCUT2D eigenvalue weighted by molar-refractivity contribution is 0.406. The maximum Gasteiger partial charge on any atom is 0.252 e. The van der Waals surface area contributed by atoms with Crippen molar-refractivity contribution >= 4 is 0 Å². The molecule has 0 fully saturated rings. The van der Waals surface area contributed by atoms with E-state index in [1.807, 2.05) is 6.07 Å². The summed E-state index contributed by atoms with van der Waals surface area (Å²) < 4.78 is 5.99. The molecule has 0 N–H and O–H groups in total. The maximum absolute atomic E-state index is 8.44. The number of rotatable bonds is 2. The molecule has 2 heterocycles. The normalized spacial score (nSPS) is 9.77. The van der Waals surface area contributed by atoms with Crippen molar-refractivity contribution in [2.75, 3.05) is 0 Å². The van der Waals surface area contributed by atoms with Gasteiger partial charge in [-0.2, -0.15) is 10.2 Å². The second-order valence-corrected chi connectivity index (χ2v) is 2.22. The van der Waals surface area contributed by atoms with Crippen molar-refractivity contribution in [3.8, 4) is 6.07 Å². The fourth-order valence-electron chi connectivity index (χ4n) is 0.829. The second kappa shape index (κ2) is 3.02. The van der Waals surface area contributed by atoms with Crippen molar-refractivity contribution in [1.82, 2.24) is 24.9 Å². The van der Waals surface area contributed by atoms with E-state index in [-0.39, 0.29) is 5.82 Å². The van der Waals surface area contributed by atoms with Gasteiger partial charge in [0.1, 0.15) is 18.9 Å². The van der Waals surface area contributed by atoms with E-state index in [9.17, 15) is 0 Å². The van der Waals surface area contributed by atoms with Gasteiger partial charge in [0, 0.05) is 0 Å². The van der Waals surface area contributed by atoms with E-state index in [4.69, 9.17) is 5.26 Å². The van der Waals surface area contributed by atoms with Crippen LogP contribution in [0.4, 0.5) is 0 Å². The molecule has 0 bridgehead atoms. The molecule has 0 aliphatic heterocycles. The molecule has 0 atom stereocenters. The number of nitrogens with zero attached hydrogens (tertiary/aromatic N) is 6. The summed E-state index contributed by atoms with van der Waals surface area (Å²) in [6.07, 6.45) is 2.67. The Morgan fingerprint density at radius 2 is 2.46 bits per heavy atom. The minimum absolute atomic E-state index is 0.128. The van der Waals surface area contributed by atoms with Crippen LogP contribution in [0.25, 0.3) is 0 Å². The predicted octanol–water partition coefficient (Wildman–Crippen LogP) is -0.419. The van der Waals surface area contributed by atoms with Crippen LogP contribution in [0.1, 0.15) is 11.6 Å². The molecular formula is C6H4N6O. The minimum atomic E-state index is 0.128. The van der Waals surface area contributed by atoms with Crippen LogP contribution in [0.2, 0.25) is 0 Å². The van der Waals surface area contributed by atoms with E-state index in [2.05, 4.69) is 24.7 Å². The Kier molecular flexibility index (Phi) is 1.72. The van der Waals surface area contributed by atoms with Crippen molar-refractivity contribution in [3.05, 3.63) is 24.4 Å². The van der Waals surface area contributed by atoms with Gasteiger partial charge >= 0.3 is 0 Å². The quantitative estimate of drug-likeness (QED) is 0.616. The SMILES string of the molecule is N#Cc1ncn(Cc2ncon2)n1. The van der Waals surface area contributed by atoms with E-state index in [0.717, 1.165) is 0 Å². The zero-order valence-corrected chi connectivity index (χ0v) is 6.45. The number of nitriles is 1. The van der Waals surface area contributed by atoms with Crippen molar-refractivity contribution in [3.63, 3.8) is 0 Å². The fourth-order valence-corrected chi connectivity index (χ4v) is 0.829. The zero-order chi connectivity index (χ0) is 9.10. The molecule has 7 nitrogen and oxygen atoms in total. The monoisotopic (exact) mass is 176 g/mol. The van der Waals surface area contributed by atoms with Gasteiger partial charge in [0.25, 0.3) is 5.82 Å². The summed E-state index contributed by atoms with van der Waals surface area (Å²) in [4.78, 5) is 7.52.